The normalized spacial score (nSPS) is 13.6. The van der Waals surface area contributed by atoms with Crippen LogP contribution < -0.4 is 4.72 Å². The van der Waals surface area contributed by atoms with E-state index in [4.69, 9.17) is 28.0 Å². The molecular formula is C17H12Cl2N2O6S. The molecule has 0 spiro atoms. The van der Waals surface area contributed by atoms with Gasteiger partial charge in [-0.15, -0.1) is 0 Å². The van der Waals surface area contributed by atoms with Crippen LogP contribution >= 0.6 is 23.2 Å². The number of hydrogen-bond donors (Lipinski definition) is 1. The van der Waals surface area contributed by atoms with Gasteiger partial charge in [0.25, 0.3) is 11.8 Å². The van der Waals surface area contributed by atoms with E-state index in [1.54, 1.807) is 12.1 Å². The first-order valence-electron chi connectivity index (χ1n) is 7.84. The van der Waals surface area contributed by atoms with Crippen molar-refractivity contribution in [3.8, 4) is 0 Å². The summed E-state index contributed by atoms with van der Waals surface area (Å²) in [7, 11) is -4.08. The lowest BCUT2D eigenvalue weighted by molar-refractivity contribution is -0.168. The second-order valence-corrected chi connectivity index (χ2v) is 8.13. The molecular weight excluding hydrogens is 431 g/mol. The SMILES string of the molecule is O=C(CCNS(=O)(=O)c1c(Cl)cccc1Cl)ON1C(=O)c2ccccc2C1=O. The van der Waals surface area contributed by atoms with E-state index in [1.165, 1.54) is 30.3 Å². The zero-order valence-corrected chi connectivity index (χ0v) is 16.3. The maximum atomic E-state index is 12.3. The Bertz CT molecular complexity index is 1030. The van der Waals surface area contributed by atoms with Gasteiger partial charge in [-0.3, -0.25) is 9.59 Å². The van der Waals surface area contributed by atoms with Gasteiger partial charge in [0.1, 0.15) is 4.90 Å². The number of carbonyl (C=O) groups is 3. The number of imide groups is 1. The number of carbonyl (C=O) groups excluding carboxylic acids is 3. The van der Waals surface area contributed by atoms with Crippen LogP contribution in [0.1, 0.15) is 27.1 Å². The lowest BCUT2D eigenvalue weighted by atomic mass is 10.1. The molecule has 0 bridgehead atoms. The minimum Gasteiger partial charge on any atom is -0.330 e. The maximum Gasteiger partial charge on any atom is 0.334 e. The number of benzene rings is 2. The third-order valence-corrected chi connectivity index (χ3v) is 6.17. The first-order chi connectivity index (χ1) is 13.2. The summed E-state index contributed by atoms with van der Waals surface area (Å²) in [4.78, 5) is 40.7. The zero-order valence-electron chi connectivity index (χ0n) is 14.0. The van der Waals surface area contributed by atoms with Gasteiger partial charge in [-0.2, -0.15) is 0 Å². The van der Waals surface area contributed by atoms with Crippen LogP contribution in [0.5, 0.6) is 0 Å². The van der Waals surface area contributed by atoms with Crippen LogP contribution in [0.4, 0.5) is 0 Å². The quantitative estimate of drug-likeness (QED) is 0.687. The van der Waals surface area contributed by atoms with Crippen LogP contribution in [0.2, 0.25) is 10.0 Å². The summed E-state index contributed by atoms with van der Waals surface area (Å²) in [6, 6.07) is 10.2. The Labute approximate surface area is 170 Å². The molecule has 1 aliphatic heterocycles. The highest BCUT2D eigenvalue weighted by Crippen LogP contribution is 2.28. The monoisotopic (exact) mass is 442 g/mol. The summed E-state index contributed by atoms with van der Waals surface area (Å²) < 4.78 is 26.8. The predicted molar refractivity (Wildman–Crippen MR) is 99.3 cm³/mol. The fourth-order valence-electron chi connectivity index (χ4n) is 2.50. The van der Waals surface area contributed by atoms with Crippen molar-refractivity contribution in [2.24, 2.45) is 0 Å². The molecule has 2 aromatic carbocycles. The molecule has 28 heavy (non-hydrogen) atoms. The highest BCUT2D eigenvalue weighted by atomic mass is 35.5. The van der Waals surface area contributed by atoms with Crippen molar-refractivity contribution >= 4 is 51.0 Å². The Morgan fingerprint density at radius 1 is 0.964 bits per heavy atom. The molecule has 3 rings (SSSR count). The molecule has 2 amide bonds. The molecule has 1 heterocycles. The van der Waals surface area contributed by atoms with E-state index in [2.05, 4.69) is 4.72 Å². The molecule has 146 valence electrons. The van der Waals surface area contributed by atoms with Crippen molar-refractivity contribution in [2.45, 2.75) is 11.3 Å². The second kappa shape index (κ2) is 7.88. The Hall–Kier alpha value is -2.46. The largest absolute Gasteiger partial charge is 0.334 e. The molecule has 8 nitrogen and oxygen atoms in total. The predicted octanol–water partition coefficient (Wildman–Crippen LogP) is 2.42. The van der Waals surface area contributed by atoms with Gasteiger partial charge in [-0.05, 0) is 24.3 Å². The number of nitrogens with one attached hydrogen (secondary N) is 1. The number of halogens is 2. The van der Waals surface area contributed by atoms with Crippen LogP contribution in [-0.4, -0.2) is 37.8 Å². The minimum absolute atomic E-state index is 0.0754. The summed E-state index contributed by atoms with van der Waals surface area (Å²) in [6.07, 6.45) is -0.436. The molecule has 0 aromatic heterocycles. The summed E-state index contributed by atoms with van der Waals surface area (Å²) >= 11 is 11.7. The van der Waals surface area contributed by atoms with Crippen LogP contribution in [0.3, 0.4) is 0 Å². The highest BCUT2D eigenvalue weighted by Gasteiger charge is 2.38. The van der Waals surface area contributed by atoms with E-state index in [0.717, 1.165) is 0 Å². The van der Waals surface area contributed by atoms with E-state index in [1.807, 2.05) is 0 Å². The van der Waals surface area contributed by atoms with Crippen molar-refractivity contribution < 1.29 is 27.6 Å². The van der Waals surface area contributed by atoms with Gasteiger partial charge >= 0.3 is 5.97 Å². The van der Waals surface area contributed by atoms with E-state index in [9.17, 15) is 22.8 Å². The molecule has 0 saturated heterocycles. The molecule has 0 fully saturated rings. The molecule has 11 heteroatoms. The van der Waals surface area contributed by atoms with Gasteiger partial charge in [0.15, 0.2) is 0 Å². The fourth-order valence-corrected chi connectivity index (χ4v) is 4.67. The van der Waals surface area contributed by atoms with Gasteiger partial charge in [-0.1, -0.05) is 46.5 Å². The molecule has 0 atom stereocenters. The van der Waals surface area contributed by atoms with Crippen molar-refractivity contribution in [1.29, 1.82) is 0 Å². The maximum absolute atomic E-state index is 12.3. The van der Waals surface area contributed by atoms with E-state index >= 15 is 0 Å². The number of amides is 2. The first-order valence-corrected chi connectivity index (χ1v) is 10.1. The van der Waals surface area contributed by atoms with Gasteiger partial charge < -0.3 is 4.84 Å². The lowest BCUT2D eigenvalue weighted by Crippen LogP contribution is -2.34. The first kappa shape index (κ1) is 20.3. The number of fused-ring (bicyclic) bond motifs is 1. The van der Waals surface area contributed by atoms with Crippen LogP contribution in [0, 0.1) is 0 Å². The summed E-state index contributed by atoms with van der Waals surface area (Å²) in [6.45, 7) is -0.355. The Kier molecular flexibility index (Phi) is 5.71. The standard InChI is InChI=1S/C17H12Cl2N2O6S/c18-12-6-3-7-13(19)15(12)28(25,26)20-9-8-14(22)27-21-16(23)10-4-1-2-5-11(10)17(21)24/h1-7,20H,8-9H2. The fraction of sp³-hybridized carbons (Fsp3) is 0.118. The number of sulfonamides is 1. The number of hydroxylamine groups is 2. The van der Waals surface area contributed by atoms with Gasteiger partial charge in [0.2, 0.25) is 10.0 Å². The number of hydrogen-bond acceptors (Lipinski definition) is 6. The average molecular weight is 443 g/mol. The highest BCUT2D eigenvalue weighted by molar-refractivity contribution is 7.89. The Morgan fingerprint density at radius 3 is 2.04 bits per heavy atom. The summed E-state index contributed by atoms with van der Waals surface area (Å²) in [5.74, 6) is -2.50. The molecule has 0 unspecified atom stereocenters. The van der Waals surface area contributed by atoms with Gasteiger partial charge in [0, 0.05) is 6.54 Å². The second-order valence-electron chi connectivity index (χ2n) is 5.61. The Morgan fingerprint density at radius 2 is 1.50 bits per heavy atom. The van der Waals surface area contributed by atoms with Crippen LogP contribution in [0.15, 0.2) is 47.4 Å². The van der Waals surface area contributed by atoms with Gasteiger partial charge in [-0.25, -0.2) is 17.9 Å². The molecule has 0 aliphatic carbocycles. The van der Waals surface area contributed by atoms with Crippen molar-refractivity contribution in [3.05, 3.63) is 63.6 Å². The summed E-state index contributed by atoms with van der Waals surface area (Å²) in [5, 5.41) is 0.203. The third-order valence-electron chi connectivity index (χ3n) is 3.76. The Balaban J connectivity index is 1.60. The molecule has 1 aliphatic rings. The van der Waals surface area contributed by atoms with E-state index < -0.39 is 34.2 Å². The molecule has 2 aromatic rings. The minimum atomic E-state index is -4.08. The van der Waals surface area contributed by atoms with Crippen molar-refractivity contribution in [3.63, 3.8) is 0 Å². The molecule has 0 radical (unpaired) electrons. The van der Waals surface area contributed by atoms with Crippen molar-refractivity contribution in [1.82, 2.24) is 9.79 Å². The summed E-state index contributed by atoms with van der Waals surface area (Å²) in [5.41, 5.74) is 0.240. The third kappa shape index (κ3) is 3.88. The lowest BCUT2D eigenvalue weighted by Gasteiger charge is -2.13. The number of nitrogens with zero attached hydrogens (tertiary/aromatic N) is 1. The van der Waals surface area contributed by atoms with Gasteiger partial charge in [0.05, 0.1) is 27.6 Å². The molecule has 1 N–H and O–H groups in total. The zero-order chi connectivity index (χ0) is 20.5. The van der Waals surface area contributed by atoms with E-state index in [-0.39, 0.29) is 32.6 Å². The van der Waals surface area contributed by atoms with Crippen LogP contribution in [-0.2, 0) is 19.7 Å². The smallest absolute Gasteiger partial charge is 0.330 e. The van der Waals surface area contributed by atoms with E-state index in [0.29, 0.717) is 5.06 Å². The molecule has 0 saturated carbocycles. The average Bonchev–Trinajstić information content (AvgIpc) is 2.86. The van der Waals surface area contributed by atoms with Crippen molar-refractivity contribution in [2.75, 3.05) is 6.54 Å². The number of rotatable bonds is 6. The van der Waals surface area contributed by atoms with Crippen LogP contribution in [0.25, 0.3) is 0 Å². The topological polar surface area (TPSA) is 110 Å².